The number of nitro groups is 1. The van der Waals surface area contributed by atoms with E-state index in [2.05, 4.69) is 48.9 Å². The maximum Gasteiger partial charge on any atom is 0.342 e. The lowest BCUT2D eigenvalue weighted by molar-refractivity contribution is -0.385. The molecule has 0 saturated heterocycles. The van der Waals surface area contributed by atoms with Gasteiger partial charge in [-0.25, -0.2) is 4.79 Å². The highest BCUT2D eigenvalue weighted by Crippen LogP contribution is 2.49. The summed E-state index contributed by atoms with van der Waals surface area (Å²) in [5.74, 6) is -1.97. The highest BCUT2D eigenvalue weighted by atomic mass is 79.9. The van der Waals surface area contributed by atoms with E-state index in [1.165, 1.54) is 11.6 Å². The predicted molar refractivity (Wildman–Crippen MR) is 117 cm³/mol. The van der Waals surface area contributed by atoms with E-state index in [0.29, 0.717) is 5.69 Å². The van der Waals surface area contributed by atoms with Gasteiger partial charge in [0.2, 0.25) is 0 Å². The molecule has 0 atom stereocenters. The molecule has 2 aromatic rings. The van der Waals surface area contributed by atoms with Crippen molar-refractivity contribution in [1.82, 2.24) is 0 Å². The average Bonchev–Trinajstić information content (AvgIpc) is 2.64. The second-order valence-electron chi connectivity index (χ2n) is 8.90. The molecular formula is C22H23BrN2O5. The number of aromatic carboxylic acids is 1. The number of halogens is 1. The third-order valence-corrected chi connectivity index (χ3v) is 6.44. The Labute approximate surface area is 182 Å². The number of hydrogen-bond donors (Lipinski definition) is 2. The topological polar surface area (TPSA) is 110 Å². The highest BCUT2D eigenvalue weighted by molar-refractivity contribution is 9.10. The smallest absolute Gasteiger partial charge is 0.342 e. The molecule has 0 unspecified atom stereocenters. The maximum absolute atomic E-state index is 12.7. The van der Waals surface area contributed by atoms with Crippen molar-refractivity contribution < 1.29 is 19.6 Å². The van der Waals surface area contributed by atoms with Crippen LogP contribution in [0.4, 0.5) is 11.4 Å². The molecule has 0 heterocycles. The van der Waals surface area contributed by atoms with Gasteiger partial charge in [-0.15, -0.1) is 0 Å². The van der Waals surface area contributed by atoms with E-state index in [-0.39, 0.29) is 16.4 Å². The second kappa shape index (κ2) is 7.50. The number of rotatable bonds is 4. The molecule has 1 aliphatic carbocycles. The van der Waals surface area contributed by atoms with Gasteiger partial charge in [0.1, 0.15) is 5.56 Å². The van der Waals surface area contributed by atoms with Crippen molar-refractivity contribution in [3.8, 4) is 0 Å². The number of nitro benzene ring substituents is 1. The fourth-order valence-corrected chi connectivity index (χ4v) is 4.99. The van der Waals surface area contributed by atoms with Crippen molar-refractivity contribution in [2.24, 2.45) is 0 Å². The Morgan fingerprint density at radius 2 is 1.73 bits per heavy atom. The van der Waals surface area contributed by atoms with Gasteiger partial charge in [-0.1, -0.05) is 43.6 Å². The summed E-state index contributed by atoms with van der Waals surface area (Å²) in [4.78, 5) is 34.3. The Balaban J connectivity index is 1.99. The zero-order valence-electron chi connectivity index (χ0n) is 17.2. The molecule has 30 heavy (non-hydrogen) atoms. The number of carboxylic acid groups (broad SMARTS) is 1. The molecule has 0 saturated carbocycles. The summed E-state index contributed by atoms with van der Waals surface area (Å²) in [5, 5.41) is 23.1. The molecule has 7 nitrogen and oxygen atoms in total. The lowest BCUT2D eigenvalue weighted by atomic mass is 9.63. The summed E-state index contributed by atoms with van der Waals surface area (Å²) >= 11 is 3.66. The number of benzene rings is 2. The van der Waals surface area contributed by atoms with Crippen LogP contribution in [0.5, 0.6) is 0 Å². The van der Waals surface area contributed by atoms with E-state index in [9.17, 15) is 19.7 Å². The number of hydrogen-bond acceptors (Lipinski definition) is 4. The van der Waals surface area contributed by atoms with Crippen LogP contribution in [-0.4, -0.2) is 21.9 Å². The molecular weight excluding hydrogens is 452 g/mol. The highest BCUT2D eigenvalue weighted by Gasteiger charge is 2.38. The van der Waals surface area contributed by atoms with Crippen LogP contribution >= 0.6 is 15.9 Å². The fraction of sp³-hybridized carbons (Fsp3) is 0.364. The van der Waals surface area contributed by atoms with E-state index in [1.54, 1.807) is 0 Å². The predicted octanol–water partition coefficient (Wildman–Crippen LogP) is 5.66. The number of carbonyl (C=O) groups is 2. The molecule has 0 aromatic heterocycles. The molecule has 2 aromatic carbocycles. The van der Waals surface area contributed by atoms with Gasteiger partial charge >= 0.3 is 5.97 Å². The number of nitrogens with one attached hydrogen (secondary N) is 1. The molecule has 1 amide bonds. The number of fused-ring (bicyclic) bond motifs is 1. The summed E-state index contributed by atoms with van der Waals surface area (Å²) in [5.41, 5.74) is 1.81. The molecule has 8 heteroatoms. The molecule has 0 fully saturated rings. The second-order valence-corrected chi connectivity index (χ2v) is 9.75. The van der Waals surface area contributed by atoms with Crippen LogP contribution in [0.25, 0.3) is 0 Å². The molecule has 0 bridgehead atoms. The van der Waals surface area contributed by atoms with Gasteiger partial charge in [-0.05, 0) is 59.1 Å². The molecule has 3 rings (SSSR count). The zero-order valence-corrected chi connectivity index (χ0v) is 18.8. The Hall–Kier alpha value is -2.74. The van der Waals surface area contributed by atoms with Crippen LogP contribution in [0.1, 0.15) is 72.4 Å². The standard InChI is InChI=1S/C22H23BrN2O5/c1-21(2)7-8-22(3,4)18-15(21)10-13(11-16(18)23)24-19(26)12-5-6-14(20(27)28)17(9-12)25(29)30/h5-6,9-11H,7-8H2,1-4H3,(H,24,26)(H,27,28). The van der Waals surface area contributed by atoms with Gasteiger partial charge in [0.05, 0.1) is 4.92 Å². The number of carboxylic acids is 1. The minimum Gasteiger partial charge on any atom is -0.477 e. The Morgan fingerprint density at radius 1 is 1.10 bits per heavy atom. The summed E-state index contributed by atoms with van der Waals surface area (Å²) in [7, 11) is 0. The first-order valence-electron chi connectivity index (χ1n) is 9.51. The van der Waals surface area contributed by atoms with E-state index in [4.69, 9.17) is 5.11 Å². The molecule has 2 N–H and O–H groups in total. The first-order chi connectivity index (χ1) is 13.8. The van der Waals surface area contributed by atoms with Crippen LogP contribution in [0, 0.1) is 10.1 Å². The van der Waals surface area contributed by atoms with Crippen molar-refractivity contribution in [1.29, 1.82) is 0 Å². The van der Waals surface area contributed by atoms with Crippen molar-refractivity contribution in [2.45, 2.75) is 51.4 Å². The van der Waals surface area contributed by atoms with Crippen LogP contribution in [0.15, 0.2) is 34.8 Å². The minimum atomic E-state index is -1.42. The number of nitrogens with zero attached hydrogens (tertiary/aromatic N) is 1. The quantitative estimate of drug-likeness (QED) is 0.438. The van der Waals surface area contributed by atoms with Crippen LogP contribution in [0.2, 0.25) is 0 Å². The number of carbonyl (C=O) groups excluding carboxylic acids is 1. The van der Waals surface area contributed by atoms with Gasteiger partial charge in [0.15, 0.2) is 0 Å². The molecule has 1 aliphatic rings. The summed E-state index contributed by atoms with van der Waals surface area (Å²) < 4.78 is 0.903. The van der Waals surface area contributed by atoms with Gasteiger partial charge in [-0.2, -0.15) is 0 Å². The zero-order chi connectivity index (χ0) is 22.4. The van der Waals surface area contributed by atoms with Crippen LogP contribution in [0.3, 0.4) is 0 Å². The maximum atomic E-state index is 12.7. The SMILES string of the molecule is CC1(C)CCC(C)(C)c2c(Br)cc(NC(=O)c3ccc(C(=O)O)c([N+](=O)[O-])c3)cc21. The van der Waals surface area contributed by atoms with Crippen molar-refractivity contribution in [3.05, 3.63) is 67.2 Å². The minimum absolute atomic E-state index is 0.000495. The molecule has 158 valence electrons. The van der Waals surface area contributed by atoms with E-state index < -0.39 is 28.1 Å². The van der Waals surface area contributed by atoms with Crippen LogP contribution < -0.4 is 5.32 Å². The first kappa shape index (κ1) is 22.0. The monoisotopic (exact) mass is 474 g/mol. The lowest BCUT2D eigenvalue weighted by Gasteiger charge is -2.42. The molecule has 0 radical (unpaired) electrons. The largest absolute Gasteiger partial charge is 0.477 e. The van der Waals surface area contributed by atoms with E-state index >= 15 is 0 Å². The molecule has 0 aliphatic heterocycles. The summed E-state index contributed by atoms with van der Waals surface area (Å²) in [6, 6.07) is 7.12. The van der Waals surface area contributed by atoms with Crippen molar-refractivity contribution in [3.63, 3.8) is 0 Å². The van der Waals surface area contributed by atoms with E-state index in [0.717, 1.165) is 35.0 Å². The van der Waals surface area contributed by atoms with Crippen LogP contribution in [-0.2, 0) is 10.8 Å². The molecule has 0 spiro atoms. The Bertz CT molecular complexity index is 1080. The normalized spacial score (nSPS) is 16.4. The fourth-order valence-electron chi connectivity index (χ4n) is 3.99. The lowest BCUT2D eigenvalue weighted by Crippen LogP contribution is -2.34. The number of amides is 1. The average molecular weight is 475 g/mol. The Kier molecular flexibility index (Phi) is 5.49. The Morgan fingerprint density at radius 3 is 2.33 bits per heavy atom. The van der Waals surface area contributed by atoms with Gasteiger partial charge < -0.3 is 10.4 Å². The van der Waals surface area contributed by atoms with Crippen molar-refractivity contribution in [2.75, 3.05) is 5.32 Å². The summed E-state index contributed by atoms with van der Waals surface area (Å²) in [6.07, 6.45) is 2.07. The van der Waals surface area contributed by atoms with Gasteiger partial charge in [0.25, 0.3) is 11.6 Å². The van der Waals surface area contributed by atoms with Crippen molar-refractivity contribution >= 4 is 39.2 Å². The van der Waals surface area contributed by atoms with Gasteiger partial charge in [0, 0.05) is 21.8 Å². The first-order valence-corrected chi connectivity index (χ1v) is 10.3. The summed E-state index contributed by atoms with van der Waals surface area (Å²) in [6.45, 7) is 8.75. The third-order valence-electron chi connectivity index (χ3n) is 5.82. The van der Waals surface area contributed by atoms with E-state index in [1.807, 2.05) is 12.1 Å². The number of anilines is 1. The third kappa shape index (κ3) is 3.96. The van der Waals surface area contributed by atoms with Gasteiger partial charge in [-0.3, -0.25) is 14.9 Å².